The summed E-state index contributed by atoms with van der Waals surface area (Å²) in [6.07, 6.45) is 51.2. The molecule has 0 saturated heterocycles. The molecule has 3 nitrogen and oxygen atoms in total. The maximum Gasteiger partial charge on any atom is -0.000654 e. The van der Waals surface area contributed by atoms with Crippen LogP contribution in [0.15, 0.2) is 0 Å². The molecule has 0 aliphatic carbocycles. The molecule has 0 bridgehead atoms. The fourth-order valence-corrected chi connectivity index (χ4v) is 8.33. The van der Waals surface area contributed by atoms with E-state index < -0.39 is 0 Å². The van der Waals surface area contributed by atoms with Gasteiger partial charge in [0.1, 0.15) is 0 Å². The van der Waals surface area contributed by atoms with Gasteiger partial charge in [0.2, 0.25) is 0 Å². The SMILES string of the molecule is CCCCCCCCCCCCN(CCCN(CCCCCCCC)CCCCCCCC)CCCN(CCCCCCCC)CCCCCCCC. The molecular weight excluding hydrogens is 643 g/mol. The van der Waals surface area contributed by atoms with E-state index >= 15 is 0 Å². The van der Waals surface area contributed by atoms with Gasteiger partial charge in [0.05, 0.1) is 0 Å². The largest absolute Gasteiger partial charge is 0.303 e. The van der Waals surface area contributed by atoms with E-state index in [-0.39, 0.29) is 0 Å². The van der Waals surface area contributed by atoms with Crippen LogP contribution in [0.25, 0.3) is 0 Å². The van der Waals surface area contributed by atoms with Crippen molar-refractivity contribution in [2.24, 2.45) is 0 Å². The number of rotatable bonds is 47. The Hall–Kier alpha value is -0.120. The smallest absolute Gasteiger partial charge is 0.000654 e. The first kappa shape index (κ1) is 52.9. The first-order chi connectivity index (χ1) is 26.2. The van der Waals surface area contributed by atoms with Crippen LogP contribution in [0.5, 0.6) is 0 Å². The molecule has 0 aliphatic rings. The Kier molecular flexibility index (Phi) is 46.2. The van der Waals surface area contributed by atoms with E-state index in [1.807, 2.05) is 0 Å². The second-order valence-electron chi connectivity index (χ2n) is 17.5. The summed E-state index contributed by atoms with van der Waals surface area (Å²) < 4.78 is 0. The van der Waals surface area contributed by atoms with Gasteiger partial charge in [-0.25, -0.2) is 0 Å². The molecule has 0 spiro atoms. The van der Waals surface area contributed by atoms with Gasteiger partial charge in [0.25, 0.3) is 0 Å². The van der Waals surface area contributed by atoms with Crippen LogP contribution in [0.2, 0.25) is 0 Å². The molecule has 53 heavy (non-hydrogen) atoms. The van der Waals surface area contributed by atoms with Gasteiger partial charge < -0.3 is 14.7 Å². The van der Waals surface area contributed by atoms with Gasteiger partial charge in [-0.2, -0.15) is 0 Å². The Labute approximate surface area is 338 Å². The number of nitrogens with zero attached hydrogens (tertiary/aromatic N) is 3. The zero-order valence-corrected chi connectivity index (χ0v) is 38.2. The first-order valence-corrected chi connectivity index (χ1v) is 25.4. The second kappa shape index (κ2) is 46.3. The van der Waals surface area contributed by atoms with Gasteiger partial charge in [0, 0.05) is 0 Å². The van der Waals surface area contributed by atoms with Crippen molar-refractivity contribution >= 4 is 0 Å². The van der Waals surface area contributed by atoms with Crippen LogP contribution in [0, 0.1) is 0 Å². The Morgan fingerprint density at radius 3 is 0.453 bits per heavy atom. The average Bonchev–Trinajstić information content (AvgIpc) is 3.16. The van der Waals surface area contributed by atoms with Crippen molar-refractivity contribution in [1.29, 1.82) is 0 Å². The van der Waals surface area contributed by atoms with Crippen LogP contribution in [-0.4, -0.2) is 73.6 Å². The zero-order chi connectivity index (χ0) is 38.6. The Balaban J connectivity index is 5.03. The molecular formula is C50H105N3. The van der Waals surface area contributed by atoms with E-state index in [9.17, 15) is 0 Å². The van der Waals surface area contributed by atoms with Crippen molar-refractivity contribution in [3.63, 3.8) is 0 Å². The van der Waals surface area contributed by atoms with Crippen molar-refractivity contribution in [2.45, 2.75) is 266 Å². The van der Waals surface area contributed by atoms with Gasteiger partial charge in [-0.05, 0) is 104 Å². The highest BCUT2D eigenvalue weighted by Gasteiger charge is 2.11. The third-order valence-electron chi connectivity index (χ3n) is 12.0. The molecule has 0 saturated carbocycles. The quantitative estimate of drug-likeness (QED) is 0.0574. The highest BCUT2D eigenvalue weighted by molar-refractivity contribution is 4.67. The van der Waals surface area contributed by atoms with Crippen molar-refractivity contribution < 1.29 is 0 Å². The number of hydrogen-bond acceptors (Lipinski definition) is 3. The van der Waals surface area contributed by atoms with E-state index in [1.165, 1.54) is 290 Å². The molecule has 0 amide bonds. The van der Waals surface area contributed by atoms with Crippen molar-refractivity contribution in [3.8, 4) is 0 Å². The number of hydrogen-bond donors (Lipinski definition) is 0. The third-order valence-corrected chi connectivity index (χ3v) is 12.0. The lowest BCUT2D eigenvalue weighted by molar-refractivity contribution is 0.200. The lowest BCUT2D eigenvalue weighted by Gasteiger charge is -2.28. The molecule has 0 aromatic carbocycles. The topological polar surface area (TPSA) is 9.72 Å². The van der Waals surface area contributed by atoms with E-state index in [2.05, 4.69) is 49.3 Å². The maximum atomic E-state index is 2.91. The monoisotopic (exact) mass is 748 g/mol. The number of unbranched alkanes of at least 4 members (excludes halogenated alkanes) is 29. The van der Waals surface area contributed by atoms with Gasteiger partial charge in [-0.3, -0.25) is 0 Å². The second-order valence-corrected chi connectivity index (χ2v) is 17.5. The lowest BCUT2D eigenvalue weighted by Crippen LogP contribution is -2.34. The van der Waals surface area contributed by atoms with Gasteiger partial charge in [0.15, 0.2) is 0 Å². The van der Waals surface area contributed by atoms with Crippen LogP contribution >= 0.6 is 0 Å². The average molecular weight is 748 g/mol. The van der Waals surface area contributed by atoms with E-state index in [4.69, 9.17) is 0 Å². The highest BCUT2D eigenvalue weighted by Crippen LogP contribution is 2.14. The van der Waals surface area contributed by atoms with Crippen molar-refractivity contribution in [1.82, 2.24) is 14.7 Å². The van der Waals surface area contributed by atoms with E-state index in [0.29, 0.717) is 0 Å². The van der Waals surface area contributed by atoms with Crippen LogP contribution in [0.3, 0.4) is 0 Å². The zero-order valence-electron chi connectivity index (χ0n) is 38.2. The molecule has 0 N–H and O–H groups in total. The van der Waals surface area contributed by atoms with E-state index in [0.717, 1.165) is 0 Å². The molecule has 0 aromatic rings. The fraction of sp³-hybridized carbons (Fsp3) is 1.00. The molecule has 0 rings (SSSR count). The standard InChI is InChI=1S/C50H105N3/c1-6-11-16-21-26-27-28-29-34-39-46-53(49-40-47-51(42-35-30-22-17-12-7-2)43-36-31-23-18-13-8-3)50-41-48-52(44-37-32-24-19-14-9-4)45-38-33-25-20-15-10-5/h6-50H2,1-5H3. The van der Waals surface area contributed by atoms with Crippen molar-refractivity contribution in [2.75, 3.05) is 58.9 Å². The summed E-state index contributed by atoms with van der Waals surface area (Å²) in [6.45, 7) is 23.6. The Bertz CT molecular complexity index is 564. The fourth-order valence-electron chi connectivity index (χ4n) is 8.33. The van der Waals surface area contributed by atoms with Gasteiger partial charge in [-0.1, -0.05) is 221 Å². The Morgan fingerprint density at radius 2 is 0.283 bits per heavy atom. The predicted molar refractivity (Wildman–Crippen MR) is 244 cm³/mol. The lowest BCUT2D eigenvalue weighted by atomic mass is 10.1. The maximum absolute atomic E-state index is 2.91. The Morgan fingerprint density at radius 1 is 0.151 bits per heavy atom. The summed E-state index contributed by atoms with van der Waals surface area (Å²) in [5.74, 6) is 0. The van der Waals surface area contributed by atoms with Crippen LogP contribution in [-0.2, 0) is 0 Å². The summed E-state index contributed by atoms with van der Waals surface area (Å²) in [7, 11) is 0. The van der Waals surface area contributed by atoms with Crippen molar-refractivity contribution in [3.05, 3.63) is 0 Å². The molecule has 0 heterocycles. The highest BCUT2D eigenvalue weighted by atomic mass is 15.2. The molecule has 320 valence electrons. The van der Waals surface area contributed by atoms with Crippen LogP contribution in [0.4, 0.5) is 0 Å². The molecule has 0 aliphatic heterocycles. The summed E-state index contributed by atoms with van der Waals surface area (Å²) in [4.78, 5) is 8.66. The minimum absolute atomic E-state index is 1.32. The summed E-state index contributed by atoms with van der Waals surface area (Å²) in [5.41, 5.74) is 0. The summed E-state index contributed by atoms with van der Waals surface area (Å²) in [5, 5.41) is 0. The summed E-state index contributed by atoms with van der Waals surface area (Å²) >= 11 is 0. The van der Waals surface area contributed by atoms with Crippen LogP contribution in [0.1, 0.15) is 266 Å². The molecule has 0 atom stereocenters. The van der Waals surface area contributed by atoms with Crippen LogP contribution < -0.4 is 0 Å². The third kappa shape index (κ3) is 41.3. The molecule has 3 heteroatoms. The minimum atomic E-state index is 1.32. The van der Waals surface area contributed by atoms with E-state index in [1.54, 1.807) is 0 Å². The minimum Gasteiger partial charge on any atom is -0.303 e. The molecule has 0 aromatic heterocycles. The van der Waals surface area contributed by atoms with Gasteiger partial charge in [-0.15, -0.1) is 0 Å². The first-order valence-electron chi connectivity index (χ1n) is 25.4. The molecule has 0 unspecified atom stereocenters. The summed E-state index contributed by atoms with van der Waals surface area (Å²) in [6, 6.07) is 0. The molecule has 0 radical (unpaired) electrons. The molecule has 0 fully saturated rings. The van der Waals surface area contributed by atoms with Gasteiger partial charge >= 0.3 is 0 Å². The normalized spacial score (nSPS) is 12.0. The predicted octanol–water partition coefficient (Wildman–Crippen LogP) is 16.0.